The molecule has 0 amide bonds. The summed E-state index contributed by atoms with van der Waals surface area (Å²) < 4.78 is 5.47. The smallest absolute Gasteiger partial charge is 0.0549 e. The zero-order valence-corrected chi connectivity index (χ0v) is 12.6. The van der Waals surface area contributed by atoms with Crippen LogP contribution in [-0.2, 0) is 4.74 Å². The molecule has 0 aromatic rings. The molecule has 0 spiro atoms. The zero-order valence-electron chi connectivity index (χ0n) is 12.6. The molecule has 104 valence electrons. The van der Waals surface area contributed by atoms with Gasteiger partial charge in [0, 0.05) is 13.7 Å². The highest BCUT2D eigenvalue weighted by Crippen LogP contribution is 2.34. The van der Waals surface area contributed by atoms with Gasteiger partial charge in [0.2, 0.25) is 0 Å². The first-order chi connectivity index (χ1) is 8.14. The lowest BCUT2D eigenvalue weighted by Crippen LogP contribution is -2.37. The van der Waals surface area contributed by atoms with Crippen molar-refractivity contribution in [1.82, 2.24) is 5.32 Å². The molecule has 0 aromatic carbocycles. The predicted octanol–water partition coefficient (Wildman–Crippen LogP) is 4.00. The second kappa shape index (κ2) is 9.90. The molecule has 0 bridgehead atoms. The topological polar surface area (TPSA) is 21.3 Å². The monoisotopic (exact) mass is 243 g/mol. The molecule has 0 aliphatic rings. The average Bonchev–Trinajstić information content (AvgIpc) is 2.35. The van der Waals surface area contributed by atoms with Gasteiger partial charge in [0.1, 0.15) is 0 Å². The molecule has 2 unspecified atom stereocenters. The Morgan fingerprint density at radius 2 is 1.88 bits per heavy atom. The van der Waals surface area contributed by atoms with E-state index in [-0.39, 0.29) is 0 Å². The summed E-state index contributed by atoms with van der Waals surface area (Å²) in [6.07, 6.45) is 7.95. The lowest BCUT2D eigenvalue weighted by molar-refractivity contribution is 0.0560. The Bertz CT molecular complexity index is 172. The first kappa shape index (κ1) is 16.9. The van der Waals surface area contributed by atoms with Crippen LogP contribution in [0.1, 0.15) is 66.2 Å². The Balaban J connectivity index is 4.38. The van der Waals surface area contributed by atoms with Gasteiger partial charge >= 0.3 is 0 Å². The van der Waals surface area contributed by atoms with Crippen molar-refractivity contribution in [1.29, 1.82) is 0 Å². The Morgan fingerprint density at radius 3 is 2.35 bits per heavy atom. The van der Waals surface area contributed by atoms with E-state index < -0.39 is 0 Å². The third-order valence-corrected chi connectivity index (χ3v) is 3.86. The summed E-state index contributed by atoms with van der Waals surface area (Å²) in [4.78, 5) is 0. The number of hydrogen-bond acceptors (Lipinski definition) is 2. The summed E-state index contributed by atoms with van der Waals surface area (Å²) in [7, 11) is 1.82. The normalized spacial score (nSPS) is 16.8. The second-order valence-electron chi connectivity index (χ2n) is 5.38. The molecule has 0 radical (unpaired) electrons. The van der Waals surface area contributed by atoms with Gasteiger partial charge in [0.15, 0.2) is 0 Å². The third kappa shape index (κ3) is 7.05. The van der Waals surface area contributed by atoms with E-state index in [0.29, 0.717) is 11.5 Å². The summed E-state index contributed by atoms with van der Waals surface area (Å²) in [6, 6.07) is 0. The lowest BCUT2D eigenvalue weighted by Gasteiger charge is -2.35. The molecular formula is C15H33NO. The lowest BCUT2D eigenvalue weighted by atomic mass is 9.75. The summed E-state index contributed by atoms with van der Waals surface area (Å²) in [5, 5.41) is 3.61. The van der Waals surface area contributed by atoms with Crippen LogP contribution in [0.3, 0.4) is 0 Å². The van der Waals surface area contributed by atoms with Gasteiger partial charge in [-0.15, -0.1) is 0 Å². The van der Waals surface area contributed by atoms with Crippen molar-refractivity contribution in [3.8, 4) is 0 Å². The van der Waals surface area contributed by atoms with Crippen molar-refractivity contribution in [3.63, 3.8) is 0 Å². The number of methoxy groups -OCH3 is 1. The van der Waals surface area contributed by atoms with Gasteiger partial charge < -0.3 is 10.1 Å². The van der Waals surface area contributed by atoms with Crippen molar-refractivity contribution in [2.24, 2.45) is 5.41 Å². The maximum atomic E-state index is 5.47. The van der Waals surface area contributed by atoms with Gasteiger partial charge in [-0.1, -0.05) is 33.6 Å². The van der Waals surface area contributed by atoms with Crippen molar-refractivity contribution in [2.75, 3.05) is 20.2 Å². The van der Waals surface area contributed by atoms with E-state index in [1.807, 2.05) is 7.11 Å². The molecule has 0 saturated heterocycles. The van der Waals surface area contributed by atoms with Crippen LogP contribution >= 0.6 is 0 Å². The number of ether oxygens (including phenoxy) is 1. The zero-order chi connectivity index (χ0) is 13.1. The van der Waals surface area contributed by atoms with Gasteiger partial charge in [0.05, 0.1) is 6.10 Å². The van der Waals surface area contributed by atoms with E-state index >= 15 is 0 Å². The van der Waals surface area contributed by atoms with E-state index in [9.17, 15) is 0 Å². The number of nitrogens with one attached hydrogen (secondary N) is 1. The van der Waals surface area contributed by atoms with Crippen LogP contribution < -0.4 is 5.32 Å². The molecule has 0 fully saturated rings. The van der Waals surface area contributed by atoms with Gasteiger partial charge in [-0.05, 0) is 44.6 Å². The second-order valence-corrected chi connectivity index (χ2v) is 5.38. The fraction of sp³-hybridized carbons (Fsp3) is 1.00. The quantitative estimate of drug-likeness (QED) is 0.554. The van der Waals surface area contributed by atoms with E-state index in [0.717, 1.165) is 13.1 Å². The highest BCUT2D eigenvalue weighted by Gasteiger charge is 2.29. The SMILES string of the molecule is CCCCC(CC)(CNCCC)CC(C)OC. The standard InChI is InChI=1S/C15H33NO/c1-6-9-10-15(8-3,12-14(4)17-5)13-16-11-7-2/h14,16H,6-13H2,1-5H3. The summed E-state index contributed by atoms with van der Waals surface area (Å²) in [5.74, 6) is 0. The Kier molecular flexibility index (Phi) is 9.85. The molecule has 0 aromatic heterocycles. The van der Waals surface area contributed by atoms with E-state index in [2.05, 4.69) is 33.0 Å². The molecule has 1 N–H and O–H groups in total. The van der Waals surface area contributed by atoms with Gasteiger partial charge in [-0.25, -0.2) is 0 Å². The molecule has 0 saturated carbocycles. The third-order valence-electron chi connectivity index (χ3n) is 3.86. The molecular weight excluding hydrogens is 210 g/mol. The predicted molar refractivity (Wildman–Crippen MR) is 76.5 cm³/mol. The Morgan fingerprint density at radius 1 is 1.18 bits per heavy atom. The van der Waals surface area contributed by atoms with Gasteiger partial charge in [-0.3, -0.25) is 0 Å². The molecule has 2 heteroatoms. The van der Waals surface area contributed by atoms with E-state index in [1.54, 1.807) is 0 Å². The molecule has 2 nitrogen and oxygen atoms in total. The fourth-order valence-corrected chi connectivity index (χ4v) is 2.48. The Hall–Kier alpha value is -0.0800. The summed E-state index contributed by atoms with van der Waals surface area (Å²) in [6.45, 7) is 11.3. The van der Waals surface area contributed by atoms with Crippen molar-refractivity contribution < 1.29 is 4.74 Å². The maximum absolute atomic E-state index is 5.47. The van der Waals surface area contributed by atoms with Crippen LogP contribution in [0.15, 0.2) is 0 Å². The molecule has 0 aliphatic carbocycles. The minimum atomic E-state index is 0.371. The first-order valence-electron chi connectivity index (χ1n) is 7.37. The highest BCUT2D eigenvalue weighted by atomic mass is 16.5. The van der Waals surface area contributed by atoms with Crippen molar-refractivity contribution in [2.45, 2.75) is 72.3 Å². The fourth-order valence-electron chi connectivity index (χ4n) is 2.48. The van der Waals surface area contributed by atoms with Crippen LogP contribution in [0.25, 0.3) is 0 Å². The van der Waals surface area contributed by atoms with Crippen LogP contribution in [-0.4, -0.2) is 26.3 Å². The van der Waals surface area contributed by atoms with Crippen LogP contribution in [0.5, 0.6) is 0 Å². The first-order valence-corrected chi connectivity index (χ1v) is 7.37. The van der Waals surface area contributed by atoms with E-state index in [1.165, 1.54) is 38.5 Å². The maximum Gasteiger partial charge on any atom is 0.0549 e. The van der Waals surface area contributed by atoms with Crippen LogP contribution in [0, 0.1) is 5.41 Å². The van der Waals surface area contributed by atoms with E-state index in [4.69, 9.17) is 4.74 Å². The minimum absolute atomic E-state index is 0.371. The molecule has 17 heavy (non-hydrogen) atoms. The number of hydrogen-bond donors (Lipinski definition) is 1. The number of unbranched alkanes of at least 4 members (excludes halogenated alkanes) is 1. The van der Waals surface area contributed by atoms with Gasteiger partial charge in [0.25, 0.3) is 0 Å². The molecule has 2 atom stereocenters. The van der Waals surface area contributed by atoms with Crippen molar-refractivity contribution in [3.05, 3.63) is 0 Å². The Labute approximate surface area is 109 Å². The van der Waals surface area contributed by atoms with Crippen molar-refractivity contribution >= 4 is 0 Å². The minimum Gasteiger partial charge on any atom is -0.382 e. The molecule has 0 heterocycles. The molecule has 0 aliphatic heterocycles. The van der Waals surface area contributed by atoms with Crippen LogP contribution in [0.2, 0.25) is 0 Å². The summed E-state index contributed by atoms with van der Waals surface area (Å²) in [5.41, 5.74) is 0.431. The van der Waals surface area contributed by atoms with Gasteiger partial charge in [-0.2, -0.15) is 0 Å². The average molecular weight is 243 g/mol. The largest absolute Gasteiger partial charge is 0.382 e. The summed E-state index contributed by atoms with van der Waals surface area (Å²) >= 11 is 0. The molecule has 0 rings (SSSR count). The number of rotatable bonds is 11. The highest BCUT2D eigenvalue weighted by molar-refractivity contribution is 4.82. The van der Waals surface area contributed by atoms with Crippen LogP contribution in [0.4, 0.5) is 0 Å².